The van der Waals surface area contributed by atoms with Crippen LogP contribution in [0.2, 0.25) is 5.02 Å². The number of likely N-dealkylation sites (N-methyl/N-ethyl adjacent to an activating group) is 1. The normalized spacial score (nSPS) is 12.1. The first-order valence-electron chi connectivity index (χ1n) is 9.47. The van der Waals surface area contributed by atoms with Crippen LogP contribution in [-0.4, -0.2) is 41.4 Å². The van der Waals surface area contributed by atoms with Gasteiger partial charge in [0.25, 0.3) is 5.91 Å². The van der Waals surface area contributed by atoms with Crippen LogP contribution in [0.15, 0.2) is 48.7 Å². The van der Waals surface area contributed by atoms with Crippen LogP contribution in [0.4, 0.5) is 0 Å². The van der Waals surface area contributed by atoms with E-state index in [4.69, 9.17) is 16.3 Å². The predicted molar refractivity (Wildman–Crippen MR) is 116 cm³/mol. The maximum absolute atomic E-state index is 13.3. The third-order valence-electron chi connectivity index (χ3n) is 5.20. The topological polar surface area (TPSA) is 47.4 Å². The van der Waals surface area contributed by atoms with Gasteiger partial charge in [0.05, 0.1) is 35.8 Å². The molecule has 5 nitrogen and oxygen atoms in total. The summed E-state index contributed by atoms with van der Waals surface area (Å²) in [7, 11) is 3.42. The van der Waals surface area contributed by atoms with Crippen molar-refractivity contribution in [3.63, 3.8) is 0 Å². The molecule has 0 radical (unpaired) electrons. The number of carbonyl (C=O) groups excluding carboxylic acids is 1. The highest BCUT2D eigenvalue weighted by Crippen LogP contribution is 2.25. The lowest BCUT2D eigenvalue weighted by molar-refractivity contribution is 0.0601. The van der Waals surface area contributed by atoms with Crippen molar-refractivity contribution in [1.82, 2.24) is 14.7 Å². The quantitative estimate of drug-likeness (QED) is 0.579. The van der Waals surface area contributed by atoms with Crippen LogP contribution in [0.25, 0.3) is 5.69 Å². The van der Waals surface area contributed by atoms with E-state index in [1.54, 1.807) is 25.3 Å². The second kappa shape index (κ2) is 8.80. The summed E-state index contributed by atoms with van der Waals surface area (Å²) in [4.78, 5) is 15.0. The molecule has 1 amide bonds. The van der Waals surface area contributed by atoms with Gasteiger partial charge >= 0.3 is 0 Å². The molecule has 2 aromatic carbocycles. The maximum Gasteiger partial charge on any atom is 0.257 e. The summed E-state index contributed by atoms with van der Waals surface area (Å²) < 4.78 is 7.21. The Morgan fingerprint density at radius 2 is 1.86 bits per heavy atom. The van der Waals surface area contributed by atoms with Crippen LogP contribution in [-0.2, 0) is 4.74 Å². The van der Waals surface area contributed by atoms with Crippen molar-refractivity contribution in [3.05, 3.63) is 81.6 Å². The van der Waals surface area contributed by atoms with Crippen molar-refractivity contribution in [3.8, 4) is 5.69 Å². The molecule has 0 saturated heterocycles. The zero-order valence-electron chi connectivity index (χ0n) is 17.4. The molecular weight excluding hydrogens is 386 g/mol. The highest BCUT2D eigenvalue weighted by Gasteiger charge is 2.26. The van der Waals surface area contributed by atoms with Gasteiger partial charge in [-0.3, -0.25) is 4.79 Å². The second-order valence-electron chi connectivity index (χ2n) is 7.28. The fraction of sp³-hybridized carbons (Fsp3) is 0.304. The van der Waals surface area contributed by atoms with Gasteiger partial charge in [-0.05, 0) is 55.7 Å². The number of aryl methyl sites for hydroxylation is 2. The third-order valence-corrected chi connectivity index (χ3v) is 5.45. The Labute approximate surface area is 176 Å². The molecule has 1 atom stereocenters. The van der Waals surface area contributed by atoms with E-state index in [1.807, 2.05) is 49.7 Å². The first-order valence-corrected chi connectivity index (χ1v) is 9.85. The number of hydrogen-bond donors (Lipinski definition) is 0. The summed E-state index contributed by atoms with van der Waals surface area (Å²) >= 11 is 6.01. The Morgan fingerprint density at radius 3 is 2.52 bits per heavy atom. The van der Waals surface area contributed by atoms with E-state index in [9.17, 15) is 4.79 Å². The van der Waals surface area contributed by atoms with Gasteiger partial charge in [-0.25, -0.2) is 4.68 Å². The fourth-order valence-electron chi connectivity index (χ4n) is 3.42. The van der Waals surface area contributed by atoms with Crippen LogP contribution < -0.4 is 0 Å². The standard InChI is InChI=1S/C23H26ClN3O2/c1-15-6-7-16(2)21(12-15)27-17(3)20(13-25-27)23(28)26(4)22(14-29-5)18-8-10-19(24)11-9-18/h6-13,22H,14H2,1-5H3. The zero-order valence-corrected chi connectivity index (χ0v) is 18.2. The van der Waals surface area contributed by atoms with E-state index in [0.29, 0.717) is 17.2 Å². The van der Waals surface area contributed by atoms with Crippen molar-refractivity contribution in [2.45, 2.75) is 26.8 Å². The summed E-state index contributed by atoms with van der Waals surface area (Å²) in [5.74, 6) is -0.101. The highest BCUT2D eigenvalue weighted by atomic mass is 35.5. The van der Waals surface area contributed by atoms with E-state index in [0.717, 1.165) is 28.1 Å². The average molecular weight is 412 g/mol. The molecule has 152 valence electrons. The van der Waals surface area contributed by atoms with Gasteiger partial charge in [-0.1, -0.05) is 35.9 Å². The largest absolute Gasteiger partial charge is 0.382 e. The molecule has 0 N–H and O–H groups in total. The van der Waals surface area contributed by atoms with Crippen LogP contribution in [0, 0.1) is 20.8 Å². The number of carbonyl (C=O) groups is 1. The Bertz CT molecular complexity index is 1010. The number of hydrogen-bond acceptors (Lipinski definition) is 3. The van der Waals surface area contributed by atoms with E-state index in [1.165, 1.54) is 0 Å². The van der Waals surface area contributed by atoms with Crippen molar-refractivity contribution in [2.75, 3.05) is 20.8 Å². The monoisotopic (exact) mass is 411 g/mol. The minimum atomic E-state index is -0.228. The van der Waals surface area contributed by atoms with Crippen molar-refractivity contribution in [2.24, 2.45) is 0 Å². The molecule has 0 bridgehead atoms. The van der Waals surface area contributed by atoms with Gasteiger partial charge in [-0.2, -0.15) is 5.10 Å². The SMILES string of the molecule is COCC(c1ccc(Cl)cc1)N(C)C(=O)c1cnn(-c2cc(C)ccc2C)c1C. The smallest absolute Gasteiger partial charge is 0.257 e. The lowest BCUT2D eigenvalue weighted by Crippen LogP contribution is -2.34. The van der Waals surface area contributed by atoms with E-state index in [2.05, 4.69) is 23.3 Å². The number of methoxy groups -OCH3 is 1. The molecule has 1 unspecified atom stereocenters. The number of ether oxygens (including phenoxy) is 1. The van der Waals surface area contributed by atoms with Crippen molar-refractivity contribution in [1.29, 1.82) is 0 Å². The lowest BCUT2D eigenvalue weighted by Gasteiger charge is -2.28. The summed E-state index contributed by atoms with van der Waals surface area (Å²) in [6, 6.07) is 13.5. The van der Waals surface area contributed by atoms with Gasteiger partial charge in [0.2, 0.25) is 0 Å². The molecule has 0 spiro atoms. The molecule has 29 heavy (non-hydrogen) atoms. The van der Waals surface area contributed by atoms with Gasteiger partial charge in [0.1, 0.15) is 0 Å². The van der Waals surface area contributed by atoms with E-state index < -0.39 is 0 Å². The molecule has 6 heteroatoms. The molecule has 3 rings (SSSR count). The lowest BCUT2D eigenvalue weighted by atomic mass is 10.1. The first kappa shape index (κ1) is 21.1. The third kappa shape index (κ3) is 4.36. The van der Waals surface area contributed by atoms with Crippen LogP contribution >= 0.6 is 11.6 Å². The molecule has 0 aliphatic carbocycles. The molecule has 0 saturated carbocycles. The number of halogens is 1. The molecule has 1 heterocycles. The van der Waals surface area contributed by atoms with Crippen LogP contribution in [0.1, 0.15) is 38.8 Å². The first-order chi connectivity index (χ1) is 13.8. The summed E-state index contributed by atoms with van der Waals surface area (Å²) in [6.45, 7) is 6.39. The second-order valence-corrected chi connectivity index (χ2v) is 7.72. The molecule has 0 aliphatic rings. The van der Waals surface area contributed by atoms with Gasteiger partial charge in [-0.15, -0.1) is 0 Å². The van der Waals surface area contributed by atoms with Crippen molar-refractivity contribution >= 4 is 17.5 Å². The fourth-order valence-corrected chi connectivity index (χ4v) is 3.54. The Morgan fingerprint density at radius 1 is 1.17 bits per heavy atom. The summed E-state index contributed by atoms with van der Waals surface area (Å²) in [6.07, 6.45) is 1.64. The van der Waals surface area contributed by atoms with Crippen molar-refractivity contribution < 1.29 is 9.53 Å². The Kier molecular flexibility index (Phi) is 6.40. The molecule has 0 aliphatic heterocycles. The molecule has 1 aromatic heterocycles. The minimum absolute atomic E-state index is 0.101. The van der Waals surface area contributed by atoms with Gasteiger partial charge in [0, 0.05) is 19.2 Å². The Hall–Kier alpha value is -2.63. The van der Waals surface area contributed by atoms with E-state index >= 15 is 0 Å². The number of aromatic nitrogens is 2. The highest BCUT2D eigenvalue weighted by molar-refractivity contribution is 6.30. The molecule has 0 fully saturated rings. The number of rotatable bonds is 6. The predicted octanol–water partition coefficient (Wildman–Crippen LogP) is 4.91. The van der Waals surface area contributed by atoms with Crippen LogP contribution in [0.3, 0.4) is 0 Å². The molecular formula is C23H26ClN3O2. The Balaban J connectivity index is 1.94. The number of amides is 1. The maximum atomic E-state index is 13.3. The van der Waals surface area contributed by atoms with Gasteiger partial charge in [0.15, 0.2) is 0 Å². The zero-order chi connectivity index (χ0) is 21.1. The number of nitrogens with zero attached hydrogens (tertiary/aromatic N) is 3. The van der Waals surface area contributed by atoms with Gasteiger partial charge < -0.3 is 9.64 Å². The van der Waals surface area contributed by atoms with Crippen LogP contribution in [0.5, 0.6) is 0 Å². The summed E-state index contributed by atoms with van der Waals surface area (Å²) in [5.41, 5.74) is 5.58. The number of benzene rings is 2. The van der Waals surface area contributed by atoms with E-state index in [-0.39, 0.29) is 11.9 Å². The average Bonchev–Trinajstić information content (AvgIpc) is 3.09. The molecule has 3 aromatic rings. The minimum Gasteiger partial charge on any atom is -0.382 e. The summed E-state index contributed by atoms with van der Waals surface area (Å²) in [5, 5.41) is 5.16.